The summed E-state index contributed by atoms with van der Waals surface area (Å²) in [5.41, 5.74) is 9.04. The first-order valence-electron chi connectivity index (χ1n) is 5.16. The third-order valence-electron chi connectivity index (χ3n) is 2.47. The van der Waals surface area contributed by atoms with Crippen LogP contribution in [-0.4, -0.2) is 12.0 Å². The first-order valence-corrected chi connectivity index (χ1v) is 6.04. The minimum atomic E-state index is 0.546. The number of aryl methyl sites for hydroxylation is 1. The van der Waals surface area contributed by atoms with Crippen molar-refractivity contribution in [3.8, 4) is 0 Å². The fourth-order valence-corrected chi connectivity index (χ4v) is 2.39. The third-order valence-corrected chi connectivity index (χ3v) is 3.50. The van der Waals surface area contributed by atoms with Gasteiger partial charge in [-0.25, -0.2) is 4.98 Å². The molecule has 0 bridgehead atoms. The predicted octanol–water partition coefficient (Wildman–Crippen LogP) is 2.68. The third kappa shape index (κ3) is 2.08. The molecule has 2 N–H and O–H groups in total. The first-order chi connectivity index (χ1) is 7.72. The lowest BCUT2D eigenvalue weighted by molar-refractivity contribution is 1.04. The highest BCUT2D eigenvalue weighted by Gasteiger charge is 2.10. The van der Waals surface area contributed by atoms with E-state index in [1.807, 2.05) is 32.2 Å². The molecule has 3 nitrogen and oxygen atoms in total. The molecule has 0 unspecified atom stereocenters. The Balaban J connectivity index is 2.36. The van der Waals surface area contributed by atoms with Crippen LogP contribution in [0.15, 0.2) is 29.6 Å². The Morgan fingerprint density at radius 3 is 2.75 bits per heavy atom. The van der Waals surface area contributed by atoms with Crippen molar-refractivity contribution in [3.63, 3.8) is 0 Å². The van der Waals surface area contributed by atoms with Crippen molar-refractivity contribution < 1.29 is 0 Å². The Labute approximate surface area is 99.5 Å². The number of nitrogens with two attached hydrogens (primary N) is 1. The van der Waals surface area contributed by atoms with E-state index in [-0.39, 0.29) is 0 Å². The molecule has 0 fully saturated rings. The van der Waals surface area contributed by atoms with Crippen LogP contribution in [0.5, 0.6) is 0 Å². The molecule has 16 heavy (non-hydrogen) atoms. The molecule has 2 aromatic rings. The standard InChI is InChI=1S/C12H15N3S/c1-9-8-16-12(14-9)15(2)11-6-4-3-5-10(11)7-13/h3-6,8H,7,13H2,1-2H3. The van der Waals surface area contributed by atoms with Gasteiger partial charge in [0.2, 0.25) is 0 Å². The molecule has 0 spiro atoms. The van der Waals surface area contributed by atoms with Crippen molar-refractivity contribution >= 4 is 22.2 Å². The van der Waals surface area contributed by atoms with Crippen LogP contribution >= 0.6 is 11.3 Å². The predicted molar refractivity (Wildman–Crippen MR) is 69.2 cm³/mol. The average molecular weight is 233 g/mol. The van der Waals surface area contributed by atoms with Crippen LogP contribution in [0.3, 0.4) is 0 Å². The quantitative estimate of drug-likeness (QED) is 0.886. The van der Waals surface area contributed by atoms with Gasteiger partial charge in [0.05, 0.1) is 5.69 Å². The Bertz CT molecular complexity index is 479. The van der Waals surface area contributed by atoms with Crippen molar-refractivity contribution in [1.29, 1.82) is 0 Å². The average Bonchev–Trinajstić information content (AvgIpc) is 2.75. The highest BCUT2D eigenvalue weighted by atomic mass is 32.1. The van der Waals surface area contributed by atoms with E-state index >= 15 is 0 Å². The summed E-state index contributed by atoms with van der Waals surface area (Å²) in [7, 11) is 2.02. The number of anilines is 2. The van der Waals surface area contributed by atoms with Crippen molar-refractivity contribution in [2.45, 2.75) is 13.5 Å². The Kier molecular flexibility index (Phi) is 3.22. The molecule has 0 aliphatic rings. The van der Waals surface area contributed by atoms with E-state index in [2.05, 4.69) is 21.3 Å². The van der Waals surface area contributed by atoms with E-state index in [9.17, 15) is 0 Å². The fraction of sp³-hybridized carbons (Fsp3) is 0.250. The van der Waals surface area contributed by atoms with Crippen LogP contribution in [0.2, 0.25) is 0 Å². The molecule has 1 aromatic carbocycles. The molecule has 0 aliphatic carbocycles. The lowest BCUT2D eigenvalue weighted by Crippen LogP contribution is -2.13. The summed E-state index contributed by atoms with van der Waals surface area (Å²) in [6.45, 7) is 2.55. The summed E-state index contributed by atoms with van der Waals surface area (Å²) in [6.07, 6.45) is 0. The first kappa shape index (κ1) is 11.1. The summed E-state index contributed by atoms with van der Waals surface area (Å²) >= 11 is 1.65. The zero-order valence-electron chi connectivity index (χ0n) is 9.47. The van der Waals surface area contributed by atoms with Gasteiger partial charge in [-0.15, -0.1) is 11.3 Å². The van der Waals surface area contributed by atoms with Crippen LogP contribution in [0.1, 0.15) is 11.3 Å². The second-order valence-corrected chi connectivity index (χ2v) is 4.50. The van der Waals surface area contributed by atoms with Gasteiger partial charge in [-0.2, -0.15) is 0 Å². The molecular formula is C12H15N3S. The van der Waals surface area contributed by atoms with Gasteiger partial charge in [0.25, 0.3) is 0 Å². The lowest BCUT2D eigenvalue weighted by Gasteiger charge is -2.19. The molecule has 0 radical (unpaired) electrons. The number of aromatic nitrogens is 1. The monoisotopic (exact) mass is 233 g/mol. The zero-order valence-corrected chi connectivity index (χ0v) is 10.3. The number of hydrogen-bond acceptors (Lipinski definition) is 4. The van der Waals surface area contributed by atoms with Crippen LogP contribution in [0.25, 0.3) is 0 Å². The summed E-state index contributed by atoms with van der Waals surface area (Å²) in [4.78, 5) is 6.55. The number of benzene rings is 1. The molecule has 84 valence electrons. The molecule has 4 heteroatoms. The van der Waals surface area contributed by atoms with Crippen molar-refractivity contribution in [1.82, 2.24) is 4.98 Å². The number of nitrogens with zero attached hydrogens (tertiary/aromatic N) is 2. The van der Waals surface area contributed by atoms with Gasteiger partial charge in [0, 0.05) is 24.7 Å². The Morgan fingerprint density at radius 1 is 1.38 bits per heavy atom. The number of para-hydroxylation sites is 1. The van der Waals surface area contributed by atoms with Gasteiger partial charge in [-0.05, 0) is 18.6 Å². The maximum atomic E-state index is 5.73. The van der Waals surface area contributed by atoms with Gasteiger partial charge in [0.15, 0.2) is 5.13 Å². The highest BCUT2D eigenvalue weighted by molar-refractivity contribution is 7.13. The minimum Gasteiger partial charge on any atom is -0.326 e. The van der Waals surface area contributed by atoms with Gasteiger partial charge >= 0.3 is 0 Å². The fourth-order valence-electron chi connectivity index (χ4n) is 1.61. The number of rotatable bonds is 3. The summed E-state index contributed by atoms with van der Waals surface area (Å²) < 4.78 is 0. The zero-order chi connectivity index (χ0) is 11.5. The van der Waals surface area contributed by atoms with Crippen LogP contribution in [0, 0.1) is 6.92 Å². The van der Waals surface area contributed by atoms with Crippen molar-refractivity contribution in [2.24, 2.45) is 5.73 Å². The number of thiazole rings is 1. The Hall–Kier alpha value is -1.39. The lowest BCUT2D eigenvalue weighted by atomic mass is 10.1. The molecule has 0 saturated heterocycles. The minimum absolute atomic E-state index is 0.546. The van der Waals surface area contributed by atoms with E-state index in [1.165, 1.54) is 0 Å². The largest absolute Gasteiger partial charge is 0.326 e. The second-order valence-electron chi connectivity index (χ2n) is 3.66. The summed E-state index contributed by atoms with van der Waals surface area (Å²) in [5.74, 6) is 0. The molecular weight excluding hydrogens is 218 g/mol. The SMILES string of the molecule is Cc1csc(N(C)c2ccccc2CN)n1. The molecule has 2 rings (SSSR count). The summed E-state index contributed by atoms with van der Waals surface area (Å²) in [6, 6.07) is 8.14. The van der Waals surface area contributed by atoms with Gasteiger partial charge < -0.3 is 10.6 Å². The smallest absolute Gasteiger partial charge is 0.189 e. The molecule has 1 heterocycles. The highest BCUT2D eigenvalue weighted by Crippen LogP contribution is 2.28. The Morgan fingerprint density at radius 2 is 2.12 bits per heavy atom. The molecule has 0 atom stereocenters. The van der Waals surface area contributed by atoms with Crippen molar-refractivity contribution in [2.75, 3.05) is 11.9 Å². The van der Waals surface area contributed by atoms with E-state index < -0.39 is 0 Å². The summed E-state index contributed by atoms with van der Waals surface area (Å²) in [5, 5.41) is 3.05. The molecule has 0 aliphatic heterocycles. The van der Waals surface area contributed by atoms with Crippen LogP contribution in [-0.2, 0) is 6.54 Å². The number of hydrogen-bond donors (Lipinski definition) is 1. The van der Waals surface area contributed by atoms with Gasteiger partial charge in [-0.3, -0.25) is 0 Å². The van der Waals surface area contributed by atoms with Crippen molar-refractivity contribution in [3.05, 3.63) is 40.9 Å². The maximum absolute atomic E-state index is 5.73. The molecule has 0 saturated carbocycles. The van der Waals surface area contributed by atoms with Crippen LogP contribution in [0.4, 0.5) is 10.8 Å². The topological polar surface area (TPSA) is 42.1 Å². The van der Waals surface area contributed by atoms with E-state index in [0.29, 0.717) is 6.54 Å². The van der Waals surface area contributed by atoms with E-state index in [0.717, 1.165) is 22.1 Å². The van der Waals surface area contributed by atoms with E-state index in [1.54, 1.807) is 11.3 Å². The normalized spacial score (nSPS) is 10.4. The molecule has 1 aromatic heterocycles. The van der Waals surface area contributed by atoms with Gasteiger partial charge in [0.1, 0.15) is 0 Å². The molecule has 0 amide bonds. The maximum Gasteiger partial charge on any atom is 0.189 e. The van der Waals surface area contributed by atoms with Gasteiger partial charge in [-0.1, -0.05) is 18.2 Å². The second kappa shape index (κ2) is 4.63. The van der Waals surface area contributed by atoms with E-state index in [4.69, 9.17) is 5.73 Å². The van der Waals surface area contributed by atoms with Crippen LogP contribution < -0.4 is 10.6 Å².